The van der Waals surface area contributed by atoms with Crippen molar-refractivity contribution in [3.63, 3.8) is 0 Å². The van der Waals surface area contributed by atoms with E-state index in [1.807, 2.05) is 6.07 Å². The Balaban J connectivity index is 1.66. The van der Waals surface area contributed by atoms with Crippen LogP contribution in [0.2, 0.25) is 0 Å². The smallest absolute Gasteiger partial charge is 0.379 e. The Morgan fingerprint density at radius 2 is 2.00 bits per heavy atom. The van der Waals surface area contributed by atoms with Crippen LogP contribution in [0.25, 0.3) is 0 Å². The van der Waals surface area contributed by atoms with Crippen LogP contribution in [0.15, 0.2) is 73.3 Å². The second kappa shape index (κ2) is 10.6. The molecule has 31 heavy (non-hydrogen) atoms. The molecular weight excluding hydrogens is 534 g/mol. The summed E-state index contributed by atoms with van der Waals surface area (Å²) in [6.07, 6.45) is 2.68. The summed E-state index contributed by atoms with van der Waals surface area (Å²) < 4.78 is 17.0. The highest BCUT2D eigenvalue weighted by Crippen LogP contribution is 2.32. The van der Waals surface area contributed by atoms with Gasteiger partial charge in [0.25, 0.3) is 5.91 Å². The number of nitrogens with one attached hydrogen (secondary N) is 1. The van der Waals surface area contributed by atoms with Crippen LogP contribution in [-0.2, 0) is 4.79 Å². The third-order valence-electron chi connectivity index (χ3n) is 3.71. The molecule has 0 saturated heterocycles. The molecule has 0 unspecified atom stereocenters. The Hall–Kier alpha value is -3.42. The van der Waals surface area contributed by atoms with E-state index in [1.54, 1.807) is 42.5 Å². The number of furan rings is 1. The topological polar surface area (TPSA) is 114 Å². The summed E-state index contributed by atoms with van der Waals surface area (Å²) in [4.78, 5) is 24.2. The molecule has 1 N–H and O–H groups in total. The van der Waals surface area contributed by atoms with Gasteiger partial charge in [-0.3, -0.25) is 4.79 Å². The molecule has 1 amide bonds. The van der Waals surface area contributed by atoms with Crippen LogP contribution in [0.5, 0.6) is 11.5 Å². The lowest BCUT2D eigenvalue weighted by molar-refractivity contribution is -0.123. The predicted octanol–water partition coefficient (Wildman–Crippen LogP) is 4.42. The van der Waals surface area contributed by atoms with E-state index in [1.165, 1.54) is 18.5 Å². The molecule has 156 valence electrons. The van der Waals surface area contributed by atoms with E-state index < -0.39 is 11.9 Å². The number of para-hydroxylation sites is 1. The normalized spacial score (nSPS) is 10.5. The van der Waals surface area contributed by atoms with E-state index in [0.717, 1.165) is 0 Å². The number of rotatable bonds is 7. The van der Waals surface area contributed by atoms with Crippen molar-refractivity contribution in [2.45, 2.75) is 0 Å². The molecule has 0 aliphatic heterocycles. The lowest BCUT2D eigenvalue weighted by Gasteiger charge is -2.09. The summed E-state index contributed by atoms with van der Waals surface area (Å²) in [6.45, 7) is -0.335. The van der Waals surface area contributed by atoms with Gasteiger partial charge >= 0.3 is 5.97 Å². The maximum atomic E-state index is 12.2. The molecule has 10 heteroatoms. The standard InChI is InChI=1S/C21H13Br2N3O5/c22-15-8-14(20(16(23)9-15)31-21(28)18-6-3-7-29-18)11-25-26-19(27)12-30-17-5-2-1-4-13(17)10-24/h1-9,11H,12H2,(H,26,27)/b25-11+. The number of nitriles is 1. The third-order valence-corrected chi connectivity index (χ3v) is 4.76. The molecule has 0 bridgehead atoms. The number of halogens is 2. The minimum absolute atomic E-state index is 0.0424. The van der Waals surface area contributed by atoms with E-state index >= 15 is 0 Å². The van der Waals surface area contributed by atoms with E-state index in [-0.39, 0.29) is 18.1 Å². The molecule has 3 aromatic rings. The van der Waals surface area contributed by atoms with Crippen molar-refractivity contribution in [1.82, 2.24) is 5.43 Å². The van der Waals surface area contributed by atoms with Gasteiger partial charge in [0, 0.05) is 10.0 Å². The minimum atomic E-state index is -0.684. The van der Waals surface area contributed by atoms with Crippen LogP contribution in [0.1, 0.15) is 21.7 Å². The minimum Gasteiger partial charge on any atom is -0.482 e. The molecule has 1 aromatic heterocycles. The number of nitrogens with zero attached hydrogens (tertiary/aromatic N) is 2. The number of hydrogen-bond acceptors (Lipinski definition) is 7. The molecule has 0 atom stereocenters. The summed E-state index contributed by atoms with van der Waals surface area (Å²) in [5.41, 5.74) is 3.05. The average molecular weight is 547 g/mol. The van der Waals surface area contributed by atoms with Crippen LogP contribution in [-0.4, -0.2) is 24.7 Å². The summed E-state index contributed by atoms with van der Waals surface area (Å²) in [6, 6.07) is 15.0. The molecule has 3 rings (SSSR count). The van der Waals surface area contributed by atoms with Gasteiger partial charge in [-0.15, -0.1) is 0 Å². The van der Waals surface area contributed by atoms with Crippen LogP contribution >= 0.6 is 31.9 Å². The maximum absolute atomic E-state index is 12.2. The Labute approximate surface area is 193 Å². The highest BCUT2D eigenvalue weighted by Gasteiger charge is 2.17. The molecule has 1 heterocycles. The molecule has 0 spiro atoms. The fourth-order valence-corrected chi connectivity index (χ4v) is 3.70. The number of carbonyl (C=O) groups excluding carboxylic acids is 2. The highest BCUT2D eigenvalue weighted by molar-refractivity contribution is 9.11. The number of benzene rings is 2. The number of amides is 1. The lowest BCUT2D eigenvalue weighted by Crippen LogP contribution is -2.24. The average Bonchev–Trinajstić information content (AvgIpc) is 3.29. The van der Waals surface area contributed by atoms with Gasteiger partial charge in [-0.25, -0.2) is 10.2 Å². The zero-order valence-corrected chi connectivity index (χ0v) is 18.8. The van der Waals surface area contributed by atoms with Crippen molar-refractivity contribution >= 4 is 50.0 Å². The monoisotopic (exact) mass is 545 g/mol. The Morgan fingerprint density at radius 1 is 1.19 bits per heavy atom. The largest absolute Gasteiger partial charge is 0.482 e. The molecule has 8 nitrogen and oxygen atoms in total. The van der Waals surface area contributed by atoms with Crippen LogP contribution in [0, 0.1) is 11.3 Å². The van der Waals surface area contributed by atoms with Crippen molar-refractivity contribution in [3.05, 3.63) is 80.6 Å². The molecule has 2 aromatic carbocycles. The Morgan fingerprint density at radius 3 is 2.74 bits per heavy atom. The van der Waals surface area contributed by atoms with Crippen LogP contribution in [0.3, 0.4) is 0 Å². The maximum Gasteiger partial charge on any atom is 0.379 e. The highest BCUT2D eigenvalue weighted by atomic mass is 79.9. The second-order valence-corrected chi connectivity index (χ2v) is 7.63. The van der Waals surface area contributed by atoms with Crippen LogP contribution in [0.4, 0.5) is 0 Å². The van der Waals surface area contributed by atoms with E-state index in [0.29, 0.717) is 25.8 Å². The van der Waals surface area contributed by atoms with Crippen molar-refractivity contribution < 1.29 is 23.5 Å². The van der Waals surface area contributed by atoms with Crippen molar-refractivity contribution in [2.24, 2.45) is 5.10 Å². The van der Waals surface area contributed by atoms with E-state index in [4.69, 9.17) is 19.2 Å². The molecule has 0 aliphatic carbocycles. The zero-order valence-electron chi connectivity index (χ0n) is 15.7. The van der Waals surface area contributed by atoms with Gasteiger partial charge in [0.05, 0.1) is 22.5 Å². The zero-order chi connectivity index (χ0) is 22.2. The van der Waals surface area contributed by atoms with Gasteiger partial charge in [-0.2, -0.15) is 10.4 Å². The Bertz CT molecular complexity index is 1170. The van der Waals surface area contributed by atoms with Gasteiger partial charge in [0.1, 0.15) is 11.8 Å². The fraction of sp³-hybridized carbons (Fsp3) is 0.0476. The number of esters is 1. The van der Waals surface area contributed by atoms with Crippen molar-refractivity contribution in [3.8, 4) is 17.6 Å². The molecule has 0 radical (unpaired) electrons. The summed E-state index contributed by atoms with van der Waals surface area (Å²) in [5.74, 6) is -0.682. The van der Waals surface area contributed by atoms with Gasteiger partial charge in [-0.1, -0.05) is 28.1 Å². The molecule has 0 fully saturated rings. The third kappa shape index (κ3) is 6.04. The van der Waals surface area contributed by atoms with Crippen molar-refractivity contribution in [2.75, 3.05) is 6.61 Å². The van der Waals surface area contributed by atoms with Crippen molar-refractivity contribution in [1.29, 1.82) is 5.26 Å². The first-order valence-corrected chi connectivity index (χ1v) is 10.2. The number of hydrogen-bond donors (Lipinski definition) is 1. The van der Waals surface area contributed by atoms with E-state index in [2.05, 4.69) is 42.4 Å². The van der Waals surface area contributed by atoms with E-state index in [9.17, 15) is 9.59 Å². The summed E-state index contributed by atoms with van der Waals surface area (Å²) in [5, 5.41) is 12.9. The molecular formula is C21H13Br2N3O5. The number of hydrazone groups is 1. The first-order chi connectivity index (χ1) is 15.0. The lowest BCUT2D eigenvalue weighted by atomic mass is 10.2. The number of ether oxygens (including phenoxy) is 2. The van der Waals surface area contributed by atoms with Gasteiger partial charge in [0.15, 0.2) is 12.4 Å². The Kier molecular flexibility index (Phi) is 7.59. The molecule has 0 aliphatic rings. The summed E-state index contributed by atoms with van der Waals surface area (Å²) in [7, 11) is 0. The van der Waals surface area contributed by atoms with Gasteiger partial charge in [0.2, 0.25) is 5.76 Å². The fourth-order valence-electron chi connectivity index (χ4n) is 2.36. The predicted molar refractivity (Wildman–Crippen MR) is 118 cm³/mol. The first kappa shape index (κ1) is 22.3. The second-order valence-electron chi connectivity index (χ2n) is 5.86. The molecule has 0 saturated carbocycles. The van der Waals surface area contributed by atoms with Gasteiger partial charge < -0.3 is 13.9 Å². The summed E-state index contributed by atoms with van der Waals surface area (Å²) >= 11 is 6.69. The van der Waals surface area contributed by atoms with Gasteiger partial charge in [-0.05, 0) is 52.3 Å². The quantitative estimate of drug-likeness (QED) is 0.203. The first-order valence-electron chi connectivity index (χ1n) is 8.66. The van der Waals surface area contributed by atoms with Crippen LogP contribution < -0.4 is 14.9 Å². The number of carbonyl (C=O) groups is 2. The SMILES string of the molecule is N#Cc1ccccc1OCC(=O)N/N=C/c1cc(Br)cc(Br)c1OC(=O)c1ccco1.